The molecule has 0 aliphatic carbocycles. The summed E-state index contributed by atoms with van der Waals surface area (Å²) < 4.78 is 26.2. The van der Waals surface area contributed by atoms with Crippen LogP contribution in [0.25, 0.3) is 10.2 Å². The summed E-state index contributed by atoms with van der Waals surface area (Å²) in [6.07, 6.45) is -0.145. The number of anilines is 1. The Hall–Kier alpha value is -1.42. The van der Waals surface area contributed by atoms with Crippen molar-refractivity contribution in [2.45, 2.75) is 18.2 Å². The van der Waals surface area contributed by atoms with Crippen molar-refractivity contribution in [3.63, 3.8) is 0 Å². The topological polar surface area (TPSA) is 70.6 Å². The van der Waals surface area contributed by atoms with Gasteiger partial charge in [0.05, 0.1) is 20.9 Å². The zero-order chi connectivity index (χ0) is 22.8. The average molecular weight is 537 g/mol. The van der Waals surface area contributed by atoms with Crippen LogP contribution >= 0.6 is 46.9 Å². The SMILES string of the molecule is Cc1c(Cl)ccc2sc(N(CCN(C)C)C(=O)CCS(=O)(=O)c3ccc(Cl)cc3)nc12.Cl. The van der Waals surface area contributed by atoms with E-state index in [2.05, 4.69) is 4.98 Å². The zero-order valence-corrected chi connectivity index (χ0v) is 21.8. The van der Waals surface area contributed by atoms with Crippen molar-refractivity contribution in [2.75, 3.05) is 37.8 Å². The molecule has 0 unspecified atom stereocenters. The molecule has 1 heterocycles. The largest absolute Gasteiger partial charge is 0.308 e. The van der Waals surface area contributed by atoms with Crippen molar-refractivity contribution in [1.29, 1.82) is 0 Å². The van der Waals surface area contributed by atoms with Gasteiger partial charge in [0.25, 0.3) is 0 Å². The number of carbonyl (C=O) groups excluding carboxylic acids is 1. The average Bonchev–Trinajstić information content (AvgIpc) is 3.14. The van der Waals surface area contributed by atoms with Crippen LogP contribution in [0.15, 0.2) is 41.3 Å². The number of carbonyl (C=O) groups is 1. The minimum Gasteiger partial charge on any atom is -0.308 e. The molecule has 6 nitrogen and oxygen atoms in total. The third kappa shape index (κ3) is 6.34. The van der Waals surface area contributed by atoms with Crippen LogP contribution in [-0.2, 0) is 14.6 Å². The third-order valence-corrected chi connectivity index (χ3v) is 8.23. The number of hydrogen-bond donors (Lipinski definition) is 0. The molecule has 0 N–H and O–H groups in total. The molecule has 0 saturated carbocycles. The number of nitrogens with zero attached hydrogens (tertiary/aromatic N) is 3. The van der Waals surface area contributed by atoms with E-state index in [0.717, 1.165) is 15.8 Å². The molecule has 0 spiro atoms. The van der Waals surface area contributed by atoms with Gasteiger partial charge in [-0.1, -0.05) is 34.5 Å². The highest BCUT2D eigenvalue weighted by atomic mass is 35.5. The number of aryl methyl sites for hydroxylation is 1. The van der Waals surface area contributed by atoms with E-state index in [0.29, 0.717) is 28.3 Å². The van der Waals surface area contributed by atoms with E-state index in [4.69, 9.17) is 23.2 Å². The Morgan fingerprint density at radius 2 is 1.72 bits per heavy atom. The van der Waals surface area contributed by atoms with Crippen LogP contribution in [0, 0.1) is 6.92 Å². The summed E-state index contributed by atoms with van der Waals surface area (Å²) in [5.41, 5.74) is 1.61. The minimum absolute atomic E-state index is 0. The fourth-order valence-electron chi connectivity index (χ4n) is 2.95. The second-order valence-corrected chi connectivity index (χ2v) is 11.3. The highest BCUT2D eigenvalue weighted by molar-refractivity contribution is 7.91. The van der Waals surface area contributed by atoms with Gasteiger partial charge in [0.15, 0.2) is 15.0 Å². The highest BCUT2D eigenvalue weighted by Gasteiger charge is 2.24. The molecule has 1 amide bonds. The number of hydrogen-bond acceptors (Lipinski definition) is 6. The lowest BCUT2D eigenvalue weighted by molar-refractivity contribution is -0.118. The number of amides is 1. The predicted octanol–water partition coefficient (Wildman–Crippen LogP) is 5.09. The molecule has 0 atom stereocenters. The fraction of sp³-hybridized carbons (Fsp3) is 0.333. The number of benzene rings is 2. The molecule has 0 aliphatic rings. The van der Waals surface area contributed by atoms with Gasteiger partial charge in [0.1, 0.15) is 0 Å². The first-order valence-corrected chi connectivity index (χ1v) is 12.8. The molecule has 0 radical (unpaired) electrons. The number of sulfone groups is 1. The third-order valence-electron chi connectivity index (χ3n) is 4.80. The van der Waals surface area contributed by atoms with Crippen molar-refractivity contribution in [2.24, 2.45) is 0 Å². The lowest BCUT2D eigenvalue weighted by Gasteiger charge is -2.22. The molecule has 32 heavy (non-hydrogen) atoms. The Kier molecular flexibility index (Phi) is 9.34. The maximum atomic E-state index is 13.1. The minimum atomic E-state index is -3.61. The monoisotopic (exact) mass is 535 g/mol. The summed E-state index contributed by atoms with van der Waals surface area (Å²) in [5, 5.41) is 1.61. The predicted molar refractivity (Wildman–Crippen MR) is 136 cm³/mol. The lowest BCUT2D eigenvalue weighted by atomic mass is 10.2. The molecule has 1 aromatic heterocycles. The zero-order valence-electron chi connectivity index (χ0n) is 17.8. The van der Waals surface area contributed by atoms with Crippen LogP contribution in [0.2, 0.25) is 10.0 Å². The first-order chi connectivity index (χ1) is 14.6. The van der Waals surface area contributed by atoms with Gasteiger partial charge >= 0.3 is 0 Å². The molecular formula is C21H24Cl3N3O3S2. The summed E-state index contributed by atoms with van der Waals surface area (Å²) in [4.78, 5) is 21.4. The number of rotatable bonds is 8. The van der Waals surface area contributed by atoms with Gasteiger partial charge in [-0.15, -0.1) is 12.4 Å². The molecule has 3 rings (SSSR count). The van der Waals surface area contributed by atoms with Gasteiger partial charge in [-0.25, -0.2) is 13.4 Å². The van der Waals surface area contributed by atoms with E-state index in [1.165, 1.54) is 35.6 Å². The van der Waals surface area contributed by atoms with Crippen LogP contribution < -0.4 is 4.90 Å². The maximum absolute atomic E-state index is 13.1. The maximum Gasteiger partial charge on any atom is 0.229 e. The molecule has 3 aromatic rings. The normalized spacial score (nSPS) is 11.6. The summed E-state index contributed by atoms with van der Waals surface area (Å²) >= 11 is 13.4. The molecule has 0 fully saturated rings. The van der Waals surface area contributed by atoms with Crippen molar-refractivity contribution >= 4 is 78.0 Å². The lowest BCUT2D eigenvalue weighted by Crippen LogP contribution is -2.37. The quantitative estimate of drug-likeness (QED) is 0.401. The van der Waals surface area contributed by atoms with Crippen molar-refractivity contribution in [3.8, 4) is 0 Å². The number of halogens is 3. The van der Waals surface area contributed by atoms with Crippen LogP contribution in [-0.4, -0.2) is 57.1 Å². The Morgan fingerprint density at radius 3 is 2.34 bits per heavy atom. The van der Waals surface area contributed by atoms with Gasteiger partial charge in [0.2, 0.25) is 5.91 Å². The van der Waals surface area contributed by atoms with E-state index in [9.17, 15) is 13.2 Å². The Morgan fingerprint density at radius 1 is 1.06 bits per heavy atom. The van der Waals surface area contributed by atoms with Crippen LogP contribution in [0.5, 0.6) is 0 Å². The molecule has 0 bridgehead atoms. The molecule has 11 heteroatoms. The summed E-state index contributed by atoms with van der Waals surface area (Å²) in [5.74, 6) is -0.580. The van der Waals surface area contributed by atoms with E-state index in [1.54, 1.807) is 4.90 Å². The summed E-state index contributed by atoms with van der Waals surface area (Å²) in [6, 6.07) is 9.64. The Balaban J connectivity index is 0.00000363. The van der Waals surface area contributed by atoms with Crippen LogP contribution in [0.4, 0.5) is 5.13 Å². The van der Waals surface area contributed by atoms with Crippen molar-refractivity contribution in [3.05, 3.63) is 52.0 Å². The number of thiazole rings is 1. The number of likely N-dealkylation sites (N-methyl/N-ethyl adjacent to an activating group) is 1. The van der Waals surface area contributed by atoms with Crippen LogP contribution in [0.3, 0.4) is 0 Å². The number of aromatic nitrogens is 1. The van der Waals surface area contributed by atoms with E-state index < -0.39 is 9.84 Å². The smallest absolute Gasteiger partial charge is 0.229 e. The van der Waals surface area contributed by atoms with Crippen molar-refractivity contribution in [1.82, 2.24) is 9.88 Å². The van der Waals surface area contributed by atoms with Gasteiger partial charge in [-0.3, -0.25) is 9.69 Å². The molecule has 0 saturated heterocycles. The summed E-state index contributed by atoms with van der Waals surface area (Å²) in [6.45, 7) is 2.91. The first-order valence-electron chi connectivity index (χ1n) is 9.57. The van der Waals surface area contributed by atoms with E-state index in [1.807, 2.05) is 38.1 Å². The molecular weight excluding hydrogens is 513 g/mol. The van der Waals surface area contributed by atoms with Crippen LogP contribution in [0.1, 0.15) is 12.0 Å². The van der Waals surface area contributed by atoms with Gasteiger partial charge in [-0.05, 0) is 63.0 Å². The molecule has 0 aliphatic heterocycles. The van der Waals surface area contributed by atoms with Crippen molar-refractivity contribution < 1.29 is 13.2 Å². The number of fused-ring (bicyclic) bond motifs is 1. The van der Waals surface area contributed by atoms with E-state index >= 15 is 0 Å². The Labute approximate surface area is 208 Å². The molecule has 2 aromatic carbocycles. The highest BCUT2D eigenvalue weighted by Crippen LogP contribution is 2.33. The standard InChI is InChI=1S/C21H23Cl2N3O3S2.ClH/c1-14-17(23)8-9-18-20(14)24-21(30-18)26(12-11-25(2)3)19(27)10-13-31(28,29)16-6-4-15(22)5-7-16;/h4-9H,10-13H2,1-3H3;1H. The van der Waals surface area contributed by atoms with Gasteiger partial charge < -0.3 is 4.90 Å². The van der Waals surface area contributed by atoms with Gasteiger partial charge in [0, 0.05) is 29.6 Å². The summed E-state index contributed by atoms with van der Waals surface area (Å²) in [7, 11) is 0.218. The second kappa shape index (κ2) is 11.1. The molecule has 174 valence electrons. The Bertz CT molecular complexity index is 1200. The fourth-order valence-corrected chi connectivity index (χ4v) is 5.52. The van der Waals surface area contributed by atoms with E-state index in [-0.39, 0.29) is 35.4 Å². The van der Waals surface area contributed by atoms with Gasteiger partial charge in [-0.2, -0.15) is 0 Å². The first kappa shape index (κ1) is 26.8. The second-order valence-electron chi connectivity index (χ2n) is 7.39.